The Labute approximate surface area is 247 Å². The smallest absolute Gasteiger partial charge is 0.271 e. The summed E-state index contributed by atoms with van der Waals surface area (Å²) in [6, 6.07) is 17.4. The number of halogens is 1. The van der Waals surface area contributed by atoms with Gasteiger partial charge in [-0.05, 0) is 68.0 Å². The molecule has 10 nitrogen and oxygen atoms in total. The number of para-hydroxylation sites is 1. The van der Waals surface area contributed by atoms with Crippen LogP contribution in [0.5, 0.6) is 5.75 Å². The zero-order chi connectivity index (χ0) is 30.0. The second kappa shape index (κ2) is 12.0. The number of nitrogens with one attached hydrogen (secondary N) is 2. The van der Waals surface area contributed by atoms with Gasteiger partial charge in [-0.3, -0.25) is 19.9 Å². The van der Waals surface area contributed by atoms with Crippen molar-refractivity contribution < 1.29 is 18.8 Å². The van der Waals surface area contributed by atoms with Crippen LogP contribution in [0.4, 0.5) is 15.8 Å². The van der Waals surface area contributed by atoms with Crippen LogP contribution in [0.1, 0.15) is 41.1 Å². The maximum atomic E-state index is 14.1. The number of pyridine rings is 1. The molecular weight excluding hydrogens is 559 g/mol. The summed E-state index contributed by atoms with van der Waals surface area (Å²) in [6.45, 7) is 4.10. The second-order valence-corrected chi connectivity index (χ2v) is 10.3. The molecule has 1 amide bonds. The Bertz CT molecular complexity index is 1660. The number of carbonyl (C=O) groups excluding carboxylic acids is 1. The highest BCUT2D eigenvalue weighted by Gasteiger charge is 2.41. The van der Waals surface area contributed by atoms with E-state index in [4.69, 9.17) is 17.0 Å². The van der Waals surface area contributed by atoms with Gasteiger partial charge in [0.25, 0.3) is 5.69 Å². The number of nitro groups is 1. The lowest BCUT2D eigenvalue weighted by Gasteiger charge is -2.28. The number of rotatable bonds is 9. The molecule has 0 spiro atoms. The molecule has 1 aliphatic rings. The molecule has 0 radical (unpaired) electrons. The normalized spacial score (nSPS) is 16.3. The van der Waals surface area contributed by atoms with Gasteiger partial charge in [-0.2, -0.15) is 0 Å². The molecule has 1 aliphatic heterocycles. The molecule has 0 aliphatic carbocycles. The molecule has 216 valence electrons. The highest BCUT2D eigenvalue weighted by Crippen LogP contribution is 2.42. The molecule has 2 atom stereocenters. The van der Waals surface area contributed by atoms with Gasteiger partial charge in [-0.15, -0.1) is 0 Å². The minimum Gasteiger partial charge on any atom is -0.495 e. The number of aryl methyl sites for hydroxylation is 1. The zero-order valence-electron chi connectivity index (χ0n) is 23.2. The van der Waals surface area contributed by atoms with Crippen molar-refractivity contribution in [3.63, 3.8) is 0 Å². The Morgan fingerprint density at radius 3 is 2.62 bits per heavy atom. The van der Waals surface area contributed by atoms with Crippen molar-refractivity contribution in [1.82, 2.24) is 19.8 Å². The van der Waals surface area contributed by atoms with E-state index in [1.54, 1.807) is 24.4 Å². The van der Waals surface area contributed by atoms with Crippen LogP contribution in [0.2, 0.25) is 0 Å². The van der Waals surface area contributed by atoms with Gasteiger partial charge in [0.1, 0.15) is 11.6 Å². The maximum absolute atomic E-state index is 14.1. The van der Waals surface area contributed by atoms with Crippen LogP contribution in [0, 0.1) is 29.8 Å². The highest BCUT2D eigenvalue weighted by atomic mass is 32.1. The average Bonchev–Trinajstić information content (AvgIpc) is 3.47. The number of nitrogens with zero attached hydrogens (tertiary/aromatic N) is 4. The number of methoxy groups -OCH3 is 1. The van der Waals surface area contributed by atoms with Crippen LogP contribution in [0.15, 0.2) is 72.9 Å². The number of hydrogen-bond acceptors (Lipinski definition) is 6. The predicted octanol–water partition coefficient (Wildman–Crippen LogP) is 5.55. The minimum atomic E-state index is -0.513. The summed E-state index contributed by atoms with van der Waals surface area (Å²) >= 11 is 5.75. The Morgan fingerprint density at radius 1 is 1.17 bits per heavy atom. The molecule has 2 aromatic heterocycles. The Morgan fingerprint density at radius 2 is 1.93 bits per heavy atom. The molecule has 42 heavy (non-hydrogen) atoms. The van der Waals surface area contributed by atoms with Gasteiger partial charge in [-0.25, -0.2) is 4.39 Å². The van der Waals surface area contributed by atoms with E-state index in [1.807, 2.05) is 47.6 Å². The first kappa shape index (κ1) is 28.7. The fraction of sp³-hybridized carbons (Fsp3) is 0.233. The summed E-state index contributed by atoms with van der Waals surface area (Å²) in [4.78, 5) is 30.5. The molecule has 3 heterocycles. The van der Waals surface area contributed by atoms with E-state index in [0.717, 1.165) is 22.6 Å². The Kier molecular flexibility index (Phi) is 8.16. The van der Waals surface area contributed by atoms with E-state index < -0.39 is 10.7 Å². The predicted molar refractivity (Wildman–Crippen MR) is 160 cm³/mol. The van der Waals surface area contributed by atoms with Crippen molar-refractivity contribution in [2.45, 2.75) is 32.4 Å². The zero-order valence-corrected chi connectivity index (χ0v) is 24.0. The number of non-ortho nitro benzene ring substituents is 1. The van der Waals surface area contributed by atoms with Gasteiger partial charge in [0.2, 0.25) is 5.91 Å². The van der Waals surface area contributed by atoms with E-state index in [0.29, 0.717) is 16.5 Å². The first-order valence-electron chi connectivity index (χ1n) is 13.2. The first-order valence-corrected chi connectivity index (χ1v) is 13.6. The lowest BCUT2D eigenvalue weighted by Crippen LogP contribution is -2.33. The molecule has 1 saturated heterocycles. The SMILES string of the molecule is COc1ccc([N+](=O)[O-])cc1-n1c(C)cc([C@@H]2[C@H](c3ccccn3)NC(=S)N2CCC(=O)Nc2ccccc2F)c1C. The van der Waals surface area contributed by atoms with Gasteiger partial charge in [0.15, 0.2) is 5.11 Å². The number of ether oxygens (including phenoxy) is 1. The van der Waals surface area contributed by atoms with Crippen LogP contribution in [0.3, 0.4) is 0 Å². The number of amides is 1. The third-order valence-corrected chi connectivity index (χ3v) is 7.68. The van der Waals surface area contributed by atoms with Gasteiger partial charge in [-0.1, -0.05) is 18.2 Å². The van der Waals surface area contributed by atoms with Crippen LogP contribution < -0.4 is 15.4 Å². The van der Waals surface area contributed by atoms with Crippen LogP contribution in [-0.4, -0.2) is 44.0 Å². The number of anilines is 1. The molecule has 2 N–H and O–H groups in total. The fourth-order valence-corrected chi connectivity index (χ4v) is 5.74. The summed E-state index contributed by atoms with van der Waals surface area (Å²) in [5, 5.41) is 18.0. The summed E-state index contributed by atoms with van der Waals surface area (Å²) in [7, 11) is 1.52. The highest BCUT2D eigenvalue weighted by molar-refractivity contribution is 7.80. The van der Waals surface area contributed by atoms with Crippen molar-refractivity contribution in [1.29, 1.82) is 0 Å². The molecule has 4 aromatic rings. The Hall–Kier alpha value is -4.84. The monoisotopic (exact) mass is 588 g/mol. The summed E-state index contributed by atoms with van der Waals surface area (Å²) in [5.41, 5.74) is 3.91. The molecule has 0 bridgehead atoms. The molecule has 0 saturated carbocycles. The Balaban J connectivity index is 1.53. The number of carbonyl (C=O) groups is 1. The van der Waals surface area contributed by atoms with E-state index >= 15 is 0 Å². The van der Waals surface area contributed by atoms with Crippen molar-refractivity contribution in [3.05, 3.63) is 112 Å². The lowest BCUT2D eigenvalue weighted by molar-refractivity contribution is -0.384. The topological polar surface area (TPSA) is 115 Å². The van der Waals surface area contributed by atoms with E-state index in [1.165, 1.54) is 31.4 Å². The largest absolute Gasteiger partial charge is 0.495 e. The molecule has 2 aromatic carbocycles. The third-order valence-electron chi connectivity index (χ3n) is 7.33. The van der Waals surface area contributed by atoms with E-state index in [2.05, 4.69) is 15.6 Å². The third kappa shape index (κ3) is 5.53. The summed E-state index contributed by atoms with van der Waals surface area (Å²) in [6.07, 6.45) is 1.76. The van der Waals surface area contributed by atoms with Crippen LogP contribution in [0.25, 0.3) is 5.69 Å². The standard InChI is InChI=1S/C30H29FN6O4S/c1-18-16-21(19(2)36(18)25-17-20(37(39)40)11-12-26(25)41-3)29-28(24-10-6-7-14-32-24)34-30(42)35(29)15-13-27(38)33-23-9-5-4-8-22(23)31/h4-12,14,16-17,28-29H,13,15H2,1-3H3,(H,33,38)(H,34,42)/t28-,29+/m0/s1. The van der Waals surface area contributed by atoms with Crippen molar-refractivity contribution >= 4 is 34.6 Å². The number of thiocarbonyl (C=S) groups is 1. The number of benzene rings is 2. The maximum Gasteiger partial charge on any atom is 0.271 e. The minimum absolute atomic E-state index is 0.0546. The van der Waals surface area contributed by atoms with Crippen molar-refractivity contribution in [2.75, 3.05) is 19.0 Å². The van der Waals surface area contributed by atoms with Crippen molar-refractivity contribution in [3.8, 4) is 11.4 Å². The summed E-state index contributed by atoms with van der Waals surface area (Å²) in [5.74, 6) is -0.381. The quantitative estimate of drug-likeness (QED) is 0.149. The molecular formula is C30H29FN6O4S. The number of aromatic nitrogens is 2. The first-order chi connectivity index (χ1) is 20.2. The molecule has 12 heteroatoms. The lowest BCUT2D eigenvalue weighted by atomic mass is 9.96. The van der Waals surface area contributed by atoms with Gasteiger partial charge in [0.05, 0.1) is 41.2 Å². The van der Waals surface area contributed by atoms with Gasteiger partial charge >= 0.3 is 0 Å². The average molecular weight is 589 g/mol. The molecule has 0 unspecified atom stereocenters. The molecule has 1 fully saturated rings. The van der Waals surface area contributed by atoms with Crippen molar-refractivity contribution in [2.24, 2.45) is 0 Å². The van der Waals surface area contributed by atoms with E-state index in [9.17, 15) is 19.3 Å². The van der Waals surface area contributed by atoms with Gasteiger partial charge < -0.3 is 24.8 Å². The van der Waals surface area contributed by atoms with Crippen LogP contribution >= 0.6 is 12.2 Å². The summed E-state index contributed by atoms with van der Waals surface area (Å²) < 4.78 is 21.6. The second-order valence-electron chi connectivity index (χ2n) is 9.87. The van der Waals surface area contributed by atoms with Gasteiger partial charge in [0, 0.05) is 42.7 Å². The number of hydrogen-bond donors (Lipinski definition) is 2. The number of nitro benzene ring substituents is 1. The molecule has 5 rings (SSSR count). The fourth-order valence-electron chi connectivity index (χ4n) is 5.41. The van der Waals surface area contributed by atoms with E-state index in [-0.39, 0.29) is 42.3 Å². The van der Waals surface area contributed by atoms with Crippen LogP contribution in [-0.2, 0) is 4.79 Å².